The van der Waals surface area contributed by atoms with Gasteiger partial charge in [-0.05, 0) is 12.5 Å². The Kier molecular flexibility index (Phi) is 4.20. The van der Waals surface area contributed by atoms with Crippen molar-refractivity contribution in [3.63, 3.8) is 0 Å². The number of thioether (sulfide) groups is 1. The predicted molar refractivity (Wildman–Crippen MR) is 77.1 cm³/mol. The molecular formula is C14H17N3S. The van der Waals surface area contributed by atoms with E-state index in [1.54, 1.807) is 11.8 Å². The maximum atomic E-state index is 4.56. The lowest BCUT2D eigenvalue weighted by Gasteiger charge is -2.14. The average Bonchev–Trinajstić information content (AvgIpc) is 2.38. The highest BCUT2D eigenvalue weighted by molar-refractivity contribution is 7.98. The topological polar surface area (TPSA) is 29.0 Å². The number of nitrogens with zero attached hydrogens (tertiary/aromatic N) is 3. The smallest absolute Gasteiger partial charge is 0.189 e. The Hall–Kier alpha value is -1.55. The standard InChI is InChI=1S/C14H17N3S/c1-11-9-15-14(16-13(11)17(2)3)18-10-12-7-5-4-6-8-12/h4-9H,10H2,1-3H3. The van der Waals surface area contributed by atoms with Crippen molar-refractivity contribution in [2.45, 2.75) is 17.8 Å². The fourth-order valence-electron chi connectivity index (χ4n) is 1.66. The molecule has 0 spiro atoms. The third-order valence-electron chi connectivity index (χ3n) is 2.56. The molecule has 0 aliphatic heterocycles. The van der Waals surface area contributed by atoms with Crippen LogP contribution in [0.25, 0.3) is 0 Å². The molecule has 0 atom stereocenters. The lowest BCUT2D eigenvalue weighted by atomic mass is 10.2. The molecule has 2 aromatic rings. The molecule has 1 aromatic heterocycles. The minimum atomic E-state index is 0.827. The number of benzene rings is 1. The van der Waals surface area contributed by atoms with Crippen molar-refractivity contribution < 1.29 is 0 Å². The summed E-state index contributed by atoms with van der Waals surface area (Å²) in [5, 5.41) is 0.827. The Morgan fingerprint density at radius 3 is 2.56 bits per heavy atom. The van der Waals surface area contributed by atoms with Crippen LogP contribution in [-0.4, -0.2) is 24.1 Å². The molecule has 2 rings (SSSR count). The molecule has 0 N–H and O–H groups in total. The summed E-state index contributed by atoms with van der Waals surface area (Å²) in [6.45, 7) is 2.03. The lowest BCUT2D eigenvalue weighted by Crippen LogP contribution is -2.13. The van der Waals surface area contributed by atoms with Crippen LogP contribution >= 0.6 is 11.8 Å². The van der Waals surface area contributed by atoms with Gasteiger partial charge in [-0.3, -0.25) is 0 Å². The lowest BCUT2D eigenvalue weighted by molar-refractivity contribution is 0.911. The number of anilines is 1. The Labute approximate surface area is 112 Å². The Balaban J connectivity index is 2.08. The zero-order valence-electron chi connectivity index (χ0n) is 10.9. The number of hydrogen-bond donors (Lipinski definition) is 0. The molecule has 4 heteroatoms. The first kappa shape index (κ1) is 12.9. The van der Waals surface area contributed by atoms with E-state index in [4.69, 9.17) is 0 Å². The van der Waals surface area contributed by atoms with E-state index in [9.17, 15) is 0 Å². The van der Waals surface area contributed by atoms with E-state index in [0.29, 0.717) is 0 Å². The van der Waals surface area contributed by atoms with Crippen molar-refractivity contribution in [3.05, 3.63) is 47.7 Å². The van der Waals surface area contributed by atoms with Crippen LogP contribution in [-0.2, 0) is 5.75 Å². The predicted octanol–water partition coefficient (Wildman–Crippen LogP) is 3.14. The van der Waals surface area contributed by atoms with Crippen molar-refractivity contribution in [1.82, 2.24) is 9.97 Å². The molecular weight excluding hydrogens is 242 g/mol. The Bertz CT molecular complexity index is 512. The molecule has 0 saturated heterocycles. The highest BCUT2D eigenvalue weighted by Crippen LogP contribution is 2.22. The Morgan fingerprint density at radius 2 is 1.89 bits per heavy atom. The maximum Gasteiger partial charge on any atom is 0.189 e. The largest absolute Gasteiger partial charge is 0.362 e. The molecule has 0 aliphatic carbocycles. The highest BCUT2D eigenvalue weighted by Gasteiger charge is 2.06. The normalized spacial score (nSPS) is 10.4. The SMILES string of the molecule is Cc1cnc(SCc2ccccc2)nc1N(C)C. The summed E-state index contributed by atoms with van der Waals surface area (Å²) < 4.78 is 0. The van der Waals surface area contributed by atoms with Crippen molar-refractivity contribution in [2.24, 2.45) is 0 Å². The first-order valence-electron chi connectivity index (χ1n) is 5.84. The fourth-order valence-corrected chi connectivity index (χ4v) is 2.43. The Morgan fingerprint density at radius 1 is 1.17 bits per heavy atom. The monoisotopic (exact) mass is 259 g/mol. The van der Waals surface area contributed by atoms with E-state index in [-0.39, 0.29) is 0 Å². The van der Waals surface area contributed by atoms with E-state index in [1.807, 2.05) is 38.2 Å². The third kappa shape index (κ3) is 3.23. The van der Waals surface area contributed by atoms with E-state index in [1.165, 1.54) is 5.56 Å². The molecule has 0 amide bonds. The molecule has 0 saturated carbocycles. The van der Waals surface area contributed by atoms with Crippen molar-refractivity contribution in [3.8, 4) is 0 Å². The van der Waals surface area contributed by atoms with Crippen LogP contribution in [0.2, 0.25) is 0 Å². The zero-order chi connectivity index (χ0) is 13.0. The summed E-state index contributed by atoms with van der Waals surface area (Å²) in [5.41, 5.74) is 2.39. The van der Waals surface area contributed by atoms with Gasteiger partial charge in [0.25, 0.3) is 0 Å². The molecule has 18 heavy (non-hydrogen) atoms. The van der Waals surface area contributed by atoms with Crippen molar-refractivity contribution >= 4 is 17.6 Å². The number of aromatic nitrogens is 2. The van der Waals surface area contributed by atoms with Crippen LogP contribution in [0.15, 0.2) is 41.7 Å². The summed E-state index contributed by atoms with van der Waals surface area (Å²) >= 11 is 1.66. The molecule has 0 fully saturated rings. The quantitative estimate of drug-likeness (QED) is 0.623. The highest BCUT2D eigenvalue weighted by atomic mass is 32.2. The molecule has 0 radical (unpaired) electrons. The number of hydrogen-bond acceptors (Lipinski definition) is 4. The second-order valence-electron chi connectivity index (χ2n) is 4.33. The minimum absolute atomic E-state index is 0.827. The number of rotatable bonds is 4. The van der Waals surface area contributed by atoms with Crippen molar-refractivity contribution in [2.75, 3.05) is 19.0 Å². The van der Waals surface area contributed by atoms with E-state index in [2.05, 4.69) is 34.2 Å². The molecule has 3 nitrogen and oxygen atoms in total. The second kappa shape index (κ2) is 5.87. The van der Waals surface area contributed by atoms with Gasteiger partial charge in [0.2, 0.25) is 0 Å². The van der Waals surface area contributed by atoms with Gasteiger partial charge in [0.05, 0.1) is 0 Å². The van der Waals surface area contributed by atoms with Crippen LogP contribution < -0.4 is 4.90 Å². The van der Waals surface area contributed by atoms with Gasteiger partial charge in [0.15, 0.2) is 5.16 Å². The van der Waals surface area contributed by atoms with Crippen LogP contribution in [0.3, 0.4) is 0 Å². The number of aryl methyl sites for hydroxylation is 1. The minimum Gasteiger partial charge on any atom is -0.362 e. The van der Waals surface area contributed by atoms with Gasteiger partial charge >= 0.3 is 0 Å². The molecule has 0 bridgehead atoms. The maximum absolute atomic E-state index is 4.56. The zero-order valence-corrected chi connectivity index (χ0v) is 11.7. The van der Waals surface area contributed by atoms with Crippen LogP contribution in [0.1, 0.15) is 11.1 Å². The molecule has 0 aliphatic rings. The van der Waals surface area contributed by atoms with Gasteiger partial charge in [0, 0.05) is 31.6 Å². The molecule has 94 valence electrons. The fraction of sp³-hybridized carbons (Fsp3) is 0.286. The van der Waals surface area contributed by atoms with E-state index >= 15 is 0 Å². The van der Waals surface area contributed by atoms with Crippen molar-refractivity contribution in [1.29, 1.82) is 0 Å². The second-order valence-corrected chi connectivity index (χ2v) is 5.27. The summed E-state index contributed by atoms with van der Waals surface area (Å²) in [6, 6.07) is 10.4. The van der Waals surface area contributed by atoms with Gasteiger partial charge in [-0.2, -0.15) is 0 Å². The van der Waals surface area contributed by atoms with Crippen LogP contribution in [0, 0.1) is 6.92 Å². The summed E-state index contributed by atoms with van der Waals surface area (Å²) in [6.07, 6.45) is 1.88. The average molecular weight is 259 g/mol. The summed E-state index contributed by atoms with van der Waals surface area (Å²) in [4.78, 5) is 10.9. The first-order chi connectivity index (χ1) is 8.66. The van der Waals surface area contributed by atoms with Crippen LogP contribution in [0.5, 0.6) is 0 Å². The summed E-state index contributed by atoms with van der Waals surface area (Å²) in [5.74, 6) is 1.89. The van der Waals surface area contributed by atoms with E-state index < -0.39 is 0 Å². The first-order valence-corrected chi connectivity index (χ1v) is 6.83. The van der Waals surface area contributed by atoms with Gasteiger partial charge in [-0.1, -0.05) is 42.1 Å². The summed E-state index contributed by atoms with van der Waals surface area (Å²) in [7, 11) is 4.00. The van der Waals surface area contributed by atoms with E-state index in [0.717, 1.165) is 22.3 Å². The molecule has 0 unspecified atom stereocenters. The van der Waals surface area contributed by atoms with Gasteiger partial charge in [-0.15, -0.1) is 0 Å². The molecule has 1 aromatic carbocycles. The van der Waals surface area contributed by atoms with Gasteiger partial charge in [0.1, 0.15) is 5.82 Å². The van der Waals surface area contributed by atoms with Crippen LogP contribution in [0.4, 0.5) is 5.82 Å². The van der Waals surface area contributed by atoms with Gasteiger partial charge in [-0.25, -0.2) is 9.97 Å². The van der Waals surface area contributed by atoms with Gasteiger partial charge < -0.3 is 4.90 Å². The molecule has 1 heterocycles. The third-order valence-corrected chi connectivity index (χ3v) is 3.49.